The van der Waals surface area contributed by atoms with E-state index in [2.05, 4.69) is 6.07 Å². The molecular weight excluding hydrogens is 198 g/mol. The van der Waals surface area contributed by atoms with Gasteiger partial charge in [0.05, 0.1) is 0 Å². The van der Waals surface area contributed by atoms with E-state index in [0.717, 1.165) is 31.2 Å². The third kappa shape index (κ3) is 1.44. The topological polar surface area (TPSA) is 46.2 Å². The molecule has 2 nitrogen and oxygen atoms in total. The van der Waals surface area contributed by atoms with Crippen molar-refractivity contribution in [2.24, 2.45) is 5.73 Å². The van der Waals surface area contributed by atoms with Crippen molar-refractivity contribution in [3.8, 4) is 5.75 Å². The van der Waals surface area contributed by atoms with Gasteiger partial charge in [0.1, 0.15) is 5.75 Å². The number of benzene rings is 1. The van der Waals surface area contributed by atoms with Crippen molar-refractivity contribution < 1.29 is 5.11 Å². The summed E-state index contributed by atoms with van der Waals surface area (Å²) in [5.41, 5.74) is 9.79. The molecule has 0 aromatic heterocycles. The lowest BCUT2D eigenvalue weighted by molar-refractivity contribution is 0.245. The molecular formula is C14H19NO. The van der Waals surface area contributed by atoms with Crippen LogP contribution < -0.4 is 5.73 Å². The van der Waals surface area contributed by atoms with Crippen LogP contribution in [0.25, 0.3) is 0 Å². The van der Waals surface area contributed by atoms with Crippen LogP contribution in [-0.2, 0) is 18.4 Å². The Morgan fingerprint density at radius 3 is 2.19 bits per heavy atom. The van der Waals surface area contributed by atoms with Crippen molar-refractivity contribution >= 4 is 0 Å². The minimum atomic E-state index is -0.240. The summed E-state index contributed by atoms with van der Waals surface area (Å²) >= 11 is 0. The number of aromatic hydroxyl groups is 1. The lowest BCUT2D eigenvalue weighted by Gasteiger charge is -2.39. The lowest BCUT2D eigenvalue weighted by atomic mass is 9.71. The third-order valence-corrected chi connectivity index (χ3v) is 4.24. The molecule has 0 heterocycles. The number of fused-ring (bicyclic) bond motifs is 1. The second kappa shape index (κ2) is 3.49. The quantitative estimate of drug-likeness (QED) is 0.759. The number of nitrogens with two attached hydrogens (primary N) is 1. The third-order valence-electron chi connectivity index (χ3n) is 4.24. The second-order valence-corrected chi connectivity index (χ2v) is 5.35. The number of phenols is 1. The van der Waals surface area contributed by atoms with Gasteiger partial charge in [0.25, 0.3) is 0 Å². The number of rotatable bonds is 1. The summed E-state index contributed by atoms with van der Waals surface area (Å²) in [6, 6.07) is 4.12. The molecule has 0 spiro atoms. The number of hydrogen-bond donors (Lipinski definition) is 2. The predicted octanol–water partition coefficient (Wildman–Crippen LogP) is 2.61. The first-order valence-corrected chi connectivity index (χ1v) is 6.33. The Morgan fingerprint density at radius 2 is 1.62 bits per heavy atom. The molecule has 2 heteroatoms. The average Bonchev–Trinajstić information content (AvgIpc) is 2.25. The molecule has 1 saturated carbocycles. The van der Waals surface area contributed by atoms with Gasteiger partial charge in [-0.3, -0.25) is 0 Å². The van der Waals surface area contributed by atoms with E-state index in [0.29, 0.717) is 5.75 Å². The molecule has 0 bridgehead atoms. The van der Waals surface area contributed by atoms with Crippen LogP contribution >= 0.6 is 0 Å². The molecule has 1 aromatic rings. The maximum atomic E-state index is 10.1. The van der Waals surface area contributed by atoms with Crippen molar-refractivity contribution in [1.82, 2.24) is 0 Å². The molecule has 86 valence electrons. The van der Waals surface area contributed by atoms with Crippen LogP contribution in [0.15, 0.2) is 12.1 Å². The molecule has 2 aliphatic rings. The Morgan fingerprint density at radius 1 is 1.00 bits per heavy atom. The van der Waals surface area contributed by atoms with Gasteiger partial charge in [-0.25, -0.2) is 0 Å². The summed E-state index contributed by atoms with van der Waals surface area (Å²) in [4.78, 5) is 0. The molecule has 0 radical (unpaired) electrons. The van der Waals surface area contributed by atoms with Crippen LogP contribution in [0, 0.1) is 0 Å². The maximum Gasteiger partial charge on any atom is 0.120 e. The smallest absolute Gasteiger partial charge is 0.120 e. The molecule has 1 fully saturated rings. The number of hydrogen-bond acceptors (Lipinski definition) is 2. The van der Waals surface area contributed by atoms with E-state index in [1.54, 1.807) is 0 Å². The van der Waals surface area contributed by atoms with Gasteiger partial charge in [-0.2, -0.15) is 0 Å². The average molecular weight is 217 g/mol. The first-order valence-electron chi connectivity index (χ1n) is 6.33. The van der Waals surface area contributed by atoms with Gasteiger partial charge in [0.2, 0.25) is 0 Å². The first-order chi connectivity index (χ1) is 7.69. The minimum absolute atomic E-state index is 0.240. The Balaban J connectivity index is 2.05. The van der Waals surface area contributed by atoms with Crippen LogP contribution in [-0.4, -0.2) is 5.11 Å². The van der Waals surface area contributed by atoms with Gasteiger partial charge in [-0.15, -0.1) is 0 Å². The monoisotopic (exact) mass is 217 g/mol. The van der Waals surface area contributed by atoms with Crippen molar-refractivity contribution in [2.75, 3.05) is 0 Å². The highest BCUT2D eigenvalue weighted by molar-refractivity contribution is 5.47. The highest BCUT2D eigenvalue weighted by Crippen LogP contribution is 2.44. The van der Waals surface area contributed by atoms with Gasteiger partial charge < -0.3 is 10.8 Å². The van der Waals surface area contributed by atoms with E-state index >= 15 is 0 Å². The zero-order chi connectivity index (χ0) is 11.2. The Bertz CT molecular complexity index is 421. The molecule has 3 rings (SSSR count). The summed E-state index contributed by atoms with van der Waals surface area (Å²) < 4.78 is 0. The van der Waals surface area contributed by atoms with Crippen LogP contribution in [0.5, 0.6) is 5.75 Å². The molecule has 16 heavy (non-hydrogen) atoms. The van der Waals surface area contributed by atoms with Crippen molar-refractivity contribution in [2.45, 2.75) is 50.5 Å². The molecule has 0 amide bonds. The van der Waals surface area contributed by atoms with Crippen molar-refractivity contribution in [1.29, 1.82) is 0 Å². The van der Waals surface area contributed by atoms with E-state index in [1.807, 2.05) is 6.07 Å². The van der Waals surface area contributed by atoms with E-state index in [4.69, 9.17) is 5.73 Å². The van der Waals surface area contributed by atoms with E-state index in [9.17, 15) is 5.11 Å². The predicted molar refractivity (Wildman–Crippen MR) is 64.5 cm³/mol. The normalized spacial score (nSPS) is 22.3. The van der Waals surface area contributed by atoms with Gasteiger partial charge in [0.15, 0.2) is 0 Å². The summed E-state index contributed by atoms with van der Waals surface area (Å²) in [6.45, 7) is 0. The van der Waals surface area contributed by atoms with Crippen LogP contribution in [0.3, 0.4) is 0 Å². The molecule has 0 aliphatic heterocycles. The SMILES string of the molecule is NC1(c2cc3c(cc2O)CCCC3)CCC1. The number of aryl methyl sites for hydroxylation is 2. The maximum absolute atomic E-state index is 10.1. The van der Waals surface area contributed by atoms with Gasteiger partial charge >= 0.3 is 0 Å². The van der Waals surface area contributed by atoms with Gasteiger partial charge in [-0.05, 0) is 68.2 Å². The van der Waals surface area contributed by atoms with Crippen molar-refractivity contribution in [3.63, 3.8) is 0 Å². The van der Waals surface area contributed by atoms with E-state index in [-0.39, 0.29) is 5.54 Å². The molecule has 0 unspecified atom stereocenters. The second-order valence-electron chi connectivity index (χ2n) is 5.35. The highest BCUT2D eigenvalue weighted by Gasteiger charge is 2.37. The minimum Gasteiger partial charge on any atom is -0.508 e. The zero-order valence-corrected chi connectivity index (χ0v) is 9.63. The molecule has 0 saturated heterocycles. The van der Waals surface area contributed by atoms with Crippen LogP contribution in [0.2, 0.25) is 0 Å². The van der Waals surface area contributed by atoms with Gasteiger partial charge in [-0.1, -0.05) is 0 Å². The van der Waals surface area contributed by atoms with Crippen molar-refractivity contribution in [3.05, 3.63) is 28.8 Å². The highest BCUT2D eigenvalue weighted by atomic mass is 16.3. The van der Waals surface area contributed by atoms with E-state index in [1.165, 1.54) is 30.4 Å². The summed E-state index contributed by atoms with van der Waals surface area (Å²) in [5.74, 6) is 0.419. The summed E-state index contributed by atoms with van der Waals surface area (Å²) in [6.07, 6.45) is 8.00. The summed E-state index contributed by atoms with van der Waals surface area (Å²) in [5, 5.41) is 10.1. The molecule has 0 atom stereocenters. The standard InChI is InChI=1S/C14H19NO/c15-14(6-3-7-14)12-8-10-4-1-2-5-11(10)9-13(12)16/h8-9,16H,1-7,15H2. The first kappa shape index (κ1) is 10.2. The fourth-order valence-electron chi connectivity index (χ4n) is 3.00. The van der Waals surface area contributed by atoms with Gasteiger partial charge in [0, 0.05) is 11.1 Å². The lowest BCUT2D eigenvalue weighted by Crippen LogP contribution is -2.43. The molecule has 2 aliphatic carbocycles. The summed E-state index contributed by atoms with van der Waals surface area (Å²) in [7, 11) is 0. The largest absolute Gasteiger partial charge is 0.508 e. The fraction of sp³-hybridized carbons (Fsp3) is 0.571. The molecule has 1 aromatic carbocycles. The zero-order valence-electron chi connectivity index (χ0n) is 9.63. The number of phenolic OH excluding ortho intramolecular Hbond substituents is 1. The Hall–Kier alpha value is -1.02. The van der Waals surface area contributed by atoms with Crippen LogP contribution in [0.1, 0.15) is 48.8 Å². The Kier molecular flexibility index (Phi) is 2.21. The Labute approximate surface area is 96.5 Å². The molecule has 3 N–H and O–H groups in total. The van der Waals surface area contributed by atoms with Crippen LogP contribution in [0.4, 0.5) is 0 Å². The fourth-order valence-corrected chi connectivity index (χ4v) is 3.00. The van der Waals surface area contributed by atoms with E-state index < -0.39 is 0 Å².